The minimum absolute atomic E-state index is 0.0453. The van der Waals surface area contributed by atoms with Crippen LogP contribution in [0.25, 0.3) is 0 Å². The van der Waals surface area contributed by atoms with Gasteiger partial charge in [-0.2, -0.15) is 13.2 Å². The predicted octanol–water partition coefficient (Wildman–Crippen LogP) is 5.04. The number of hydrogen-bond donors (Lipinski definition) is 1. The quantitative estimate of drug-likeness (QED) is 0.515. The lowest BCUT2D eigenvalue weighted by atomic mass is 10.1. The minimum Gasteiger partial charge on any atom is -0.367 e. The number of nitrogens with one attached hydrogen (secondary N) is 1. The lowest BCUT2D eigenvalue weighted by Crippen LogP contribution is -2.47. The second kappa shape index (κ2) is 11.5. The zero-order valence-electron chi connectivity index (χ0n) is 19.7. The van der Waals surface area contributed by atoms with E-state index in [1.807, 2.05) is 9.80 Å². The Balaban J connectivity index is 1.41. The van der Waals surface area contributed by atoms with Crippen LogP contribution in [0.5, 0.6) is 0 Å². The summed E-state index contributed by atoms with van der Waals surface area (Å²) in [5.41, 5.74) is 1.77. The van der Waals surface area contributed by atoms with Gasteiger partial charge in [-0.1, -0.05) is 17.7 Å². The third kappa shape index (κ3) is 7.10. The second-order valence-corrected chi connectivity index (χ2v) is 9.41. The molecule has 4 rings (SSSR count). The zero-order chi connectivity index (χ0) is 25.7. The molecule has 194 valence electrons. The van der Waals surface area contributed by atoms with Crippen molar-refractivity contribution in [3.05, 3.63) is 58.4 Å². The molecule has 36 heavy (non-hydrogen) atoms. The average Bonchev–Trinajstić information content (AvgIpc) is 2.84. The molecule has 2 aromatic rings. The molecule has 1 fully saturated rings. The van der Waals surface area contributed by atoms with E-state index in [1.165, 1.54) is 12.1 Å². The maximum Gasteiger partial charge on any atom is 0.390 e. The van der Waals surface area contributed by atoms with Crippen LogP contribution in [0.4, 0.5) is 28.9 Å². The van der Waals surface area contributed by atoms with Gasteiger partial charge >= 0.3 is 6.18 Å². The fourth-order valence-corrected chi connectivity index (χ4v) is 4.52. The number of carbonyl (C=O) groups is 1. The molecule has 0 saturated carbocycles. The molecule has 0 atom stereocenters. The summed E-state index contributed by atoms with van der Waals surface area (Å²) >= 11 is 6.19. The van der Waals surface area contributed by atoms with Crippen LogP contribution in [0.2, 0.25) is 5.02 Å². The molecule has 2 aromatic carbocycles. The molecular formula is C25H28ClF4N5O. The topological polar surface area (TPSA) is 51.2 Å². The first-order chi connectivity index (χ1) is 17.2. The van der Waals surface area contributed by atoms with E-state index < -0.39 is 24.3 Å². The van der Waals surface area contributed by atoms with Gasteiger partial charge < -0.3 is 15.1 Å². The summed E-state index contributed by atoms with van der Waals surface area (Å²) in [6.07, 6.45) is -2.32. The summed E-state index contributed by atoms with van der Waals surface area (Å²) in [4.78, 5) is 22.9. The Morgan fingerprint density at radius 3 is 2.50 bits per heavy atom. The molecule has 0 spiro atoms. The van der Waals surface area contributed by atoms with Gasteiger partial charge in [-0.05, 0) is 42.3 Å². The van der Waals surface area contributed by atoms with Crippen LogP contribution in [-0.4, -0.2) is 74.0 Å². The minimum atomic E-state index is -4.18. The number of halogens is 5. The van der Waals surface area contributed by atoms with Crippen LogP contribution in [0.1, 0.15) is 28.8 Å². The van der Waals surface area contributed by atoms with Crippen molar-refractivity contribution in [1.82, 2.24) is 9.80 Å². The van der Waals surface area contributed by atoms with Crippen molar-refractivity contribution < 1.29 is 22.4 Å². The maximum atomic E-state index is 14.8. The van der Waals surface area contributed by atoms with Crippen LogP contribution in [-0.2, 0) is 6.54 Å². The van der Waals surface area contributed by atoms with Gasteiger partial charge in [-0.15, -0.1) is 0 Å². The van der Waals surface area contributed by atoms with E-state index in [4.69, 9.17) is 11.6 Å². The number of benzene rings is 2. The first-order valence-corrected chi connectivity index (χ1v) is 12.2. The molecule has 0 unspecified atom stereocenters. The number of piperazine rings is 1. The van der Waals surface area contributed by atoms with E-state index in [2.05, 4.69) is 10.3 Å². The van der Waals surface area contributed by atoms with E-state index in [1.54, 1.807) is 35.5 Å². The molecule has 1 saturated heterocycles. The molecule has 6 nitrogen and oxygen atoms in total. The number of rotatable bonds is 7. The van der Waals surface area contributed by atoms with E-state index in [-0.39, 0.29) is 12.1 Å². The normalized spacial score (nSPS) is 16.9. The summed E-state index contributed by atoms with van der Waals surface area (Å²) in [5.74, 6) is -1.21. The Bertz CT molecular complexity index is 1100. The molecule has 2 aliphatic rings. The fourth-order valence-electron chi connectivity index (χ4n) is 4.35. The van der Waals surface area contributed by atoms with E-state index >= 15 is 0 Å². The van der Waals surface area contributed by atoms with Gasteiger partial charge in [0.15, 0.2) is 0 Å². The van der Waals surface area contributed by atoms with E-state index in [0.29, 0.717) is 49.1 Å². The number of aliphatic imine (C=N–C) groups is 1. The van der Waals surface area contributed by atoms with Crippen LogP contribution < -0.4 is 10.2 Å². The molecule has 2 aliphatic heterocycles. The number of anilines is 2. The Morgan fingerprint density at radius 1 is 1.06 bits per heavy atom. The Kier molecular flexibility index (Phi) is 8.35. The second-order valence-electron chi connectivity index (χ2n) is 8.97. The first kappa shape index (κ1) is 26.2. The number of amides is 1. The van der Waals surface area contributed by atoms with Crippen molar-refractivity contribution in [3.8, 4) is 0 Å². The molecular weight excluding hydrogens is 498 g/mol. The SMILES string of the molecule is O=C(Nc1ccc(Cl)cc1N1CCN(CCC(F)(F)F)CC1)c1ccc(CN2C=NCCC2)cc1F. The number of nitrogens with zero attached hydrogens (tertiary/aromatic N) is 4. The van der Waals surface area contributed by atoms with Crippen LogP contribution in [0, 0.1) is 5.82 Å². The average molecular weight is 526 g/mol. The van der Waals surface area contributed by atoms with Gasteiger partial charge in [0.1, 0.15) is 5.82 Å². The molecule has 0 aromatic heterocycles. The Hall–Kier alpha value is -2.85. The van der Waals surface area contributed by atoms with Crippen LogP contribution in [0.15, 0.2) is 41.4 Å². The smallest absolute Gasteiger partial charge is 0.367 e. The monoisotopic (exact) mass is 525 g/mol. The van der Waals surface area contributed by atoms with Crippen molar-refractivity contribution in [2.24, 2.45) is 4.99 Å². The lowest BCUT2D eigenvalue weighted by Gasteiger charge is -2.37. The summed E-state index contributed by atoms with van der Waals surface area (Å²) in [6.45, 7) is 3.97. The number of carbonyl (C=O) groups excluding carboxylic acids is 1. The third-order valence-corrected chi connectivity index (χ3v) is 6.51. The van der Waals surface area contributed by atoms with Crippen molar-refractivity contribution >= 4 is 35.2 Å². The number of hydrogen-bond acceptors (Lipinski definition) is 5. The van der Waals surface area contributed by atoms with Crippen molar-refractivity contribution in [2.75, 3.05) is 56.0 Å². The standard InChI is InChI=1S/C25H28ClF4N5O/c26-19-3-5-22(23(15-19)35-12-10-33(11-13-35)9-6-25(28,29)30)32-24(36)20-4-2-18(14-21(20)27)16-34-8-1-7-31-17-34/h2-5,14-15,17H,1,6-13,16H2,(H,32,36). The van der Waals surface area contributed by atoms with Crippen molar-refractivity contribution in [3.63, 3.8) is 0 Å². The highest BCUT2D eigenvalue weighted by molar-refractivity contribution is 6.31. The fraction of sp³-hybridized carbons (Fsp3) is 0.440. The van der Waals surface area contributed by atoms with Gasteiger partial charge in [-0.25, -0.2) is 4.39 Å². The molecule has 1 amide bonds. The summed E-state index contributed by atoms with van der Waals surface area (Å²) in [7, 11) is 0. The van der Waals surface area contributed by atoms with Gasteiger partial charge in [-0.3, -0.25) is 14.7 Å². The van der Waals surface area contributed by atoms with Crippen LogP contribution in [0.3, 0.4) is 0 Å². The Morgan fingerprint density at radius 2 is 1.83 bits per heavy atom. The van der Waals surface area contributed by atoms with Gasteiger partial charge in [0.2, 0.25) is 0 Å². The third-order valence-electron chi connectivity index (χ3n) is 6.27. The molecule has 2 heterocycles. The first-order valence-electron chi connectivity index (χ1n) is 11.9. The molecule has 0 bridgehead atoms. The van der Waals surface area contributed by atoms with E-state index in [0.717, 1.165) is 25.1 Å². The Labute approximate surface area is 212 Å². The highest BCUT2D eigenvalue weighted by atomic mass is 35.5. The van der Waals surface area contributed by atoms with Crippen molar-refractivity contribution in [1.29, 1.82) is 0 Å². The molecule has 11 heteroatoms. The molecule has 1 N–H and O–H groups in total. The molecule has 0 aliphatic carbocycles. The summed E-state index contributed by atoms with van der Waals surface area (Å²) < 4.78 is 52.5. The lowest BCUT2D eigenvalue weighted by molar-refractivity contribution is -0.138. The maximum absolute atomic E-state index is 14.8. The molecule has 0 radical (unpaired) electrons. The highest BCUT2D eigenvalue weighted by Gasteiger charge is 2.29. The predicted molar refractivity (Wildman–Crippen MR) is 134 cm³/mol. The van der Waals surface area contributed by atoms with Gasteiger partial charge in [0.05, 0.1) is 29.7 Å². The highest BCUT2D eigenvalue weighted by Crippen LogP contribution is 2.31. The van der Waals surface area contributed by atoms with Gasteiger partial charge in [0.25, 0.3) is 5.91 Å². The summed E-state index contributed by atoms with van der Waals surface area (Å²) in [5, 5.41) is 3.23. The van der Waals surface area contributed by atoms with Gasteiger partial charge in [0, 0.05) is 57.4 Å². The van der Waals surface area contributed by atoms with Crippen LogP contribution >= 0.6 is 11.6 Å². The van der Waals surface area contributed by atoms with Crippen molar-refractivity contribution in [2.45, 2.75) is 25.6 Å². The van der Waals surface area contributed by atoms with E-state index in [9.17, 15) is 22.4 Å². The summed E-state index contributed by atoms with van der Waals surface area (Å²) in [6, 6.07) is 9.52. The largest absolute Gasteiger partial charge is 0.390 e. The number of alkyl halides is 3. The zero-order valence-corrected chi connectivity index (χ0v) is 20.5.